The van der Waals surface area contributed by atoms with Crippen LogP contribution in [0.25, 0.3) is 0 Å². The summed E-state index contributed by atoms with van der Waals surface area (Å²) in [6.45, 7) is 4.62. The van der Waals surface area contributed by atoms with Crippen molar-refractivity contribution < 1.29 is 0 Å². The summed E-state index contributed by atoms with van der Waals surface area (Å²) in [5, 5.41) is 0. The SMILES string of the molecule is CCCCCCCCCCCCCCCCCC(CCCCCCCCCCCCCCCC)N(C)C. The van der Waals surface area contributed by atoms with E-state index >= 15 is 0 Å². The zero-order valence-corrected chi connectivity index (χ0v) is 26.9. The number of unbranched alkanes of at least 4 members (excludes halogenated alkanes) is 27. The maximum atomic E-state index is 2.51. The van der Waals surface area contributed by atoms with Gasteiger partial charge in [-0.25, -0.2) is 0 Å². The van der Waals surface area contributed by atoms with E-state index in [1.165, 1.54) is 199 Å². The molecule has 1 unspecified atom stereocenters. The first-order chi connectivity index (χ1) is 18.2. The van der Waals surface area contributed by atoms with Gasteiger partial charge in [0.05, 0.1) is 0 Å². The lowest BCUT2D eigenvalue weighted by Crippen LogP contribution is -2.27. The Morgan fingerprint density at radius 1 is 0.297 bits per heavy atom. The molecule has 0 aromatic heterocycles. The highest BCUT2D eigenvalue weighted by Crippen LogP contribution is 2.18. The van der Waals surface area contributed by atoms with Crippen molar-refractivity contribution in [3.8, 4) is 0 Å². The number of hydrogen-bond acceptors (Lipinski definition) is 1. The summed E-state index contributed by atoms with van der Waals surface area (Å²) >= 11 is 0. The molecule has 0 aromatic carbocycles. The molecule has 0 rings (SSSR count). The average molecular weight is 522 g/mol. The Kier molecular flexibility index (Phi) is 32.1. The van der Waals surface area contributed by atoms with Crippen LogP contribution in [-0.4, -0.2) is 25.0 Å². The molecule has 1 atom stereocenters. The van der Waals surface area contributed by atoms with Crippen molar-refractivity contribution in [1.29, 1.82) is 0 Å². The van der Waals surface area contributed by atoms with Gasteiger partial charge in [0.2, 0.25) is 0 Å². The Morgan fingerprint density at radius 3 is 0.676 bits per heavy atom. The Morgan fingerprint density at radius 2 is 0.486 bits per heavy atom. The van der Waals surface area contributed by atoms with Gasteiger partial charge in [0.1, 0.15) is 0 Å². The van der Waals surface area contributed by atoms with E-state index in [0.717, 1.165) is 6.04 Å². The van der Waals surface area contributed by atoms with Crippen LogP contribution in [0.1, 0.15) is 213 Å². The van der Waals surface area contributed by atoms with Gasteiger partial charge < -0.3 is 4.90 Å². The lowest BCUT2D eigenvalue weighted by Gasteiger charge is -2.24. The number of hydrogen-bond donors (Lipinski definition) is 0. The Hall–Kier alpha value is -0.0400. The molecular formula is C36H75N. The third-order valence-corrected chi connectivity index (χ3v) is 8.76. The van der Waals surface area contributed by atoms with Crippen molar-refractivity contribution in [3.63, 3.8) is 0 Å². The standard InChI is InChI=1S/C36H75N/c1-5-7-9-11-13-15-17-19-21-23-25-27-29-31-33-35-36(37(3)4)34-32-30-28-26-24-22-20-18-16-14-12-10-8-6-2/h36H,5-35H2,1-4H3. The fraction of sp³-hybridized carbons (Fsp3) is 1.00. The van der Waals surface area contributed by atoms with Crippen LogP contribution in [-0.2, 0) is 0 Å². The quantitative estimate of drug-likeness (QED) is 0.0795. The largest absolute Gasteiger partial charge is 0.306 e. The van der Waals surface area contributed by atoms with E-state index in [1.54, 1.807) is 0 Å². The molecule has 1 heteroatoms. The van der Waals surface area contributed by atoms with Crippen LogP contribution >= 0.6 is 0 Å². The molecule has 0 aliphatic heterocycles. The highest BCUT2D eigenvalue weighted by Gasteiger charge is 2.10. The van der Waals surface area contributed by atoms with Gasteiger partial charge in [-0.15, -0.1) is 0 Å². The molecule has 0 heterocycles. The van der Waals surface area contributed by atoms with Crippen LogP contribution in [0, 0.1) is 0 Å². The lowest BCUT2D eigenvalue weighted by atomic mass is 9.99. The third kappa shape index (κ3) is 30.4. The van der Waals surface area contributed by atoms with Crippen LogP contribution in [0.15, 0.2) is 0 Å². The summed E-state index contributed by atoms with van der Waals surface area (Å²) in [6.07, 6.45) is 45.3. The van der Waals surface area contributed by atoms with Crippen LogP contribution < -0.4 is 0 Å². The molecule has 0 fully saturated rings. The monoisotopic (exact) mass is 522 g/mol. The molecule has 0 saturated carbocycles. The molecule has 37 heavy (non-hydrogen) atoms. The molecule has 0 spiro atoms. The van der Waals surface area contributed by atoms with E-state index < -0.39 is 0 Å². The van der Waals surface area contributed by atoms with Crippen LogP contribution in [0.5, 0.6) is 0 Å². The average Bonchev–Trinajstić information content (AvgIpc) is 2.89. The molecule has 0 bridgehead atoms. The highest BCUT2D eigenvalue weighted by molar-refractivity contribution is 4.67. The number of rotatable bonds is 32. The molecule has 0 radical (unpaired) electrons. The summed E-state index contributed by atoms with van der Waals surface area (Å²) < 4.78 is 0. The van der Waals surface area contributed by atoms with Gasteiger partial charge in [-0.1, -0.05) is 200 Å². The normalized spacial score (nSPS) is 12.6. The van der Waals surface area contributed by atoms with Crippen LogP contribution in [0.2, 0.25) is 0 Å². The summed E-state index contributed by atoms with van der Waals surface area (Å²) in [5.41, 5.74) is 0. The summed E-state index contributed by atoms with van der Waals surface area (Å²) in [7, 11) is 4.61. The topological polar surface area (TPSA) is 3.24 Å². The predicted octanol–water partition coefficient (Wildman–Crippen LogP) is 13.0. The molecule has 224 valence electrons. The molecule has 0 aliphatic carbocycles. The van der Waals surface area contributed by atoms with Gasteiger partial charge in [0.15, 0.2) is 0 Å². The first-order valence-corrected chi connectivity index (χ1v) is 17.9. The van der Waals surface area contributed by atoms with Crippen molar-refractivity contribution >= 4 is 0 Å². The van der Waals surface area contributed by atoms with Gasteiger partial charge in [-0.05, 0) is 26.9 Å². The molecule has 0 amide bonds. The van der Waals surface area contributed by atoms with E-state index in [1.807, 2.05) is 0 Å². The summed E-state index contributed by atoms with van der Waals surface area (Å²) in [6, 6.07) is 0.819. The van der Waals surface area contributed by atoms with Crippen molar-refractivity contribution in [2.75, 3.05) is 14.1 Å². The maximum absolute atomic E-state index is 2.51. The lowest BCUT2D eigenvalue weighted by molar-refractivity contribution is 0.251. The molecule has 1 nitrogen and oxygen atoms in total. The minimum atomic E-state index is 0.819. The van der Waals surface area contributed by atoms with Gasteiger partial charge in [-0.3, -0.25) is 0 Å². The van der Waals surface area contributed by atoms with Gasteiger partial charge in [0.25, 0.3) is 0 Å². The van der Waals surface area contributed by atoms with Gasteiger partial charge in [-0.2, -0.15) is 0 Å². The van der Waals surface area contributed by atoms with Gasteiger partial charge >= 0.3 is 0 Å². The smallest absolute Gasteiger partial charge is 0.00891 e. The van der Waals surface area contributed by atoms with E-state index in [4.69, 9.17) is 0 Å². The van der Waals surface area contributed by atoms with E-state index in [2.05, 4.69) is 32.8 Å². The fourth-order valence-corrected chi connectivity index (χ4v) is 5.99. The van der Waals surface area contributed by atoms with E-state index in [-0.39, 0.29) is 0 Å². The zero-order chi connectivity index (χ0) is 27.1. The predicted molar refractivity (Wildman–Crippen MR) is 172 cm³/mol. The van der Waals surface area contributed by atoms with Crippen molar-refractivity contribution in [3.05, 3.63) is 0 Å². The highest BCUT2D eigenvalue weighted by atomic mass is 15.1. The van der Waals surface area contributed by atoms with Crippen molar-refractivity contribution in [1.82, 2.24) is 4.90 Å². The summed E-state index contributed by atoms with van der Waals surface area (Å²) in [4.78, 5) is 2.51. The zero-order valence-electron chi connectivity index (χ0n) is 26.9. The molecule has 0 saturated heterocycles. The maximum Gasteiger partial charge on any atom is 0.00891 e. The molecule has 0 aromatic rings. The first-order valence-electron chi connectivity index (χ1n) is 17.9. The second-order valence-electron chi connectivity index (χ2n) is 12.7. The fourth-order valence-electron chi connectivity index (χ4n) is 5.99. The van der Waals surface area contributed by atoms with Crippen molar-refractivity contribution in [2.24, 2.45) is 0 Å². The Balaban J connectivity index is 3.38. The molecule has 0 aliphatic rings. The second-order valence-corrected chi connectivity index (χ2v) is 12.7. The van der Waals surface area contributed by atoms with Gasteiger partial charge in [0, 0.05) is 6.04 Å². The second kappa shape index (κ2) is 32.2. The minimum absolute atomic E-state index is 0.819. The number of nitrogens with zero attached hydrogens (tertiary/aromatic N) is 1. The third-order valence-electron chi connectivity index (χ3n) is 8.76. The van der Waals surface area contributed by atoms with Crippen molar-refractivity contribution in [2.45, 2.75) is 219 Å². The Labute approximate surface area is 237 Å². The molecular weight excluding hydrogens is 446 g/mol. The first kappa shape index (κ1) is 37.0. The van der Waals surface area contributed by atoms with Crippen LogP contribution in [0.3, 0.4) is 0 Å². The molecule has 0 N–H and O–H groups in total. The Bertz CT molecular complexity index is 390. The minimum Gasteiger partial charge on any atom is -0.306 e. The summed E-state index contributed by atoms with van der Waals surface area (Å²) in [5.74, 6) is 0. The van der Waals surface area contributed by atoms with Crippen LogP contribution in [0.4, 0.5) is 0 Å². The van der Waals surface area contributed by atoms with E-state index in [9.17, 15) is 0 Å². The van der Waals surface area contributed by atoms with E-state index in [0.29, 0.717) is 0 Å².